The number of nitrogens with two attached hydrogens (primary N) is 1. The van der Waals surface area contributed by atoms with Gasteiger partial charge >= 0.3 is 0 Å². The number of aromatic nitrogens is 2. The lowest BCUT2D eigenvalue weighted by Gasteiger charge is -2.14. The number of halogens is 1. The van der Waals surface area contributed by atoms with E-state index in [4.69, 9.17) is 5.73 Å². The molecule has 24 heavy (non-hydrogen) atoms. The zero-order chi connectivity index (χ0) is 17.1. The minimum Gasteiger partial charge on any atom is -0.507 e. The molecule has 0 aliphatic carbocycles. The van der Waals surface area contributed by atoms with Gasteiger partial charge in [0.2, 0.25) is 0 Å². The molecule has 3 rings (SSSR count). The van der Waals surface area contributed by atoms with Crippen molar-refractivity contribution in [2.45, 2.75) is 19.4 Å². The highest BCUT2D eigenvalue weighted by molar-refractivity contribution is 5.90. The van der Waals surface area contributed by atoms with Gasteiger partial charge in [0.1, 0.15) is 17.4 Å². The lowest BCUT2D eigenvalue weighted by Crippen LogP contribution is -2.28. The van der Waals surface area contributed by atoms with Crippen molar-refractivity contribution in [1.29, 1.82) is 0 Å². The number of hydrogen-bond acceptors (Lipinski definition) is 5. The Morgan fingerprint density at radius 2 is 2.00 bits per heavy atom. The molecular weight excluding hydrogens is 307 g/mol. The van der Waals surface area contributed by atoms with Gasteiger partial charge in [-0.15, -0.1) is 0 Å². The van der Waals surface area contributed by atoms with Crippen molar-refractivity contribution in [2.75, 3.05) is 11.9 Å². The summed E-state index contributed by atoms with van der Waals surface area (Å²) < 4.78 is 13.5. The fourth-order valence-electron chi connectivity index (χ4n) is 2.39. The van der Waals surface area contributed by atoms with Crippen molar-refractivity contribution in [3.63, 3.8) is 0 Å². The molecule has 0 aliphatic rings. The number of anilines is 1. The van der Waals surface area contributed by atoms with Gasteiger partial charge in [0.25, 0.3) is 0 Å². The number of rotatable bonds is 5. The normalized spacial score (nSPS) is 12.3. The van der Waals surface area contributed by atoms with Crippen molar-refractivity contribution in [3.8, 4) is 17.1 Å². The molecule has 1 unspecified atom stereocenters. The first-order valence-electron chi connectivity index (χ1n) is 7.83. The van der Waals surface area contributed by atoms with Crippen molar-refractivity contribution in [3.05, 3.63) is 48.3 Å². The van der Waals surface area contributed by atoms with Crippen LogP contribution in [0.2, 0.25) is 0 Å². The highest BCUT2D eigenvalue weighted by atomic mass is 19.1. The van der Waals surface area contributed by atoms with Crippen LogP contribution in [0.15, 0.2) is 42.5 Å². The maximum Gasteiger partial charge on any atom is 0.165 e. The second kappa shape index (κ2) is 6.80. The van der Waals surface area contributed by atoms with E-state index >= 15 is 0 Å². The summed E-state index contributed by atoms with van der Waals surface area (Å²) in [6.45, 7) is 2.58. The number of nitrogens with one attached hydrogen (secondary N) is 1. The minimum atomic E-state index is -0.456. The van der Waals surface area contributed by atoms with Crippen molar-refractivity contribution in [2.24, 2.45) is 5.73 Å². The third kappa shape index (κ3) is 3.28. The summed E-state index contributed by atoms with van der Waals surface area (Å²) in [5.74, 6) is 0.353. The highest BCUT2D eigenvalue weighted by Crippen LogP contribution is 2.30. The number of fused-ring (bicyclic) bond motifs is 1. The summed E-state index contributed by atoms with van der Waals surface area (Å²) in [5, 5.41) is 14.1. The lowest BCUT2D eigenvalue weighted by atomic mass is 10.1. The zero-order valence-corrected chi connectivity index (χ0v) is 13.3. The van der Waals surface area contributed by atoms with Gasteiger partial charge in [-0.25, -0.2) is 14.4 Å². The molecule has 0 bridgehead atoms. The third-order valence-electron chi connectivity index (χ3n) is 3.86. The fourth-order valence-corrected chi connectivity index (χ4v) is 2.39. The summed E-state index contributed by atoms with van der Waals surface area (Å²) in [6, 6.07) is 11.2. The molecule has 0 aliphatic heterocycles. The van der Waals surface area contributed by atoms with Gasteiger partial charge in [0, 0.05) is 18.0 Å². The number of aromatic hydroxyl groups is 1. The van der Waals surface area contributed by atoms with Crippen LogP contribution in [0.4, 0.5) is 10.2 Å². The summed E-state index contributed by atoms with van der Waals surface area (Å²) in [7, 11) is 0. The third-order valence-corrected chi connectivity index (χ3v) is 3.86. The Balaban J connectivity index is 2.11. The van der Waals surface area contributed by atoms with Crippen LogP contribution in [0, 0.1) is 5.82 Å². The number of phenols is 1. The van der Waals surface area contributed by atoms with E-state index < -0.39 is 5.82 Å². The topological polar surface area (TPSA) is 84.1 Å². The van der Waals surface area contributed by atoms with Crippen LogP contribution < -0.4 is 11.1 Å². The number of phenolic OH excluding ortho intramolecular Hbond substituents is 1. The Hall–Kier alpha value is -2.73. The monoisotopic (exact) mass is 326 g/mol. The first kappa shape index (κ1) is 16.1. The van der Waals surface area contributed by atoms with Crippen LogP contribution in [-0.4, -0.2) is 27.7 Å². The van der Waals surface area contributed by atoms with Gasteiger partial charge in [0.05, 0.1) is 11.1 Å². The molecule has 0 saturated heterocycles. The lowest BCUT2D eigenvalue weighted by molar-refractivity contribution is 0.475. The number of para-hydroxylation sites is 1. The summed E-state index contributed by atoms with van der Waals surface area (Å²) in [6.07, 6.45) is 0.841. The molecule has 0 spiro atoms. The van der Waals surface area contributed by atoms with Crippen LogP contribution in [0.1, 0.15) is 13.3 Å². The van der Waals surface area contributed by atoms with E-state index in [0.717, 1.165) is 11.8 Å². The molecule has 0 saturated carbocycles. The molecule has 1 heterocycles. The van der Waals surface area contributed by atoms with E-state index in [2.05, 4.69) is 15.3 Å². The Morgan fingerprint density at radius 1 is 1.21 bits per heavy atom. The maximum absolute atomic E-state index is 13.5. The van der Waals surface area contributed by atoms with Gasteiger partial charge in [-0.1, -0.05) is 19.1 Å². The second-order valence-corrected chi connectivity index (χ2v) is 5.62. The molecule has 1 aromatic heterocycles. The van der Waals surface area contributed by atoms with Crippen molar-refractivity contribution < 1.29 is 9.50 Å². The predicted molar refractivity (Wildman–Crippen MR) is 93.4 cm³/mol. The molecule has 0 fully saturated rings. The molecule has 0 amide bonds. The molecule has 3 aromatic rings. The summed E-state index contributed by atoms with van der Waals surface area (Å²) in [5.41, 5.74) is 6.92. The van der Waals surface area contributed by atoms with Gasteiger partial charge in [-0.05, 0) is 36.8 Å². The maximum atomic E-state index is 13.5. The Kier molecular flexibility index (Phi) is 4.57. The molecule has 5 nitrogen and oxygen atoms in total. The average molecular weight is 326 g/mol. The van der Waals surface area contributed by atoms with Gasteiger partial charge < -0.3 is 16.2 Å². The van der Waals surface area contributed by atoms with Crippen LogP contribution in [0.3, 0.4) is 0 Å². The highest BCUT2D eigenvalue weighted by Gasteiger charge is 2.13. The quantitative estimate of drug-likeness (QED) is 0.670. The van der Waals surface area contributed by atoms with E-state index in [1.165, 1.54) is 18.2 Å². The van der Waals surface area contributed by atoms with Gasteiger partial charge in [0.15, 0.2) is 5.82 Å². The number of hydrogen-bond donors (Lipinski definition) is 3. The Morgan fingerprint density at radius 3 is 2.79 bits per heavy atom. The molecule has 2 aromatic carbocycles. The van der Waals surface area contributed by atoms with Crippen molar-refractivity contribution in [1.82, 2.24) is 9.97 Å². The fraction of sp³-hybridized carbons (Fsp3) is 0.222. The molecule has 6 heteroatoms. The smallest absolute Gasteiger partial charge is 0.165 e. The first-order valence-corrected chi connectivity index (χ1v) is 7.83. The van der Waals surface area contributed by atoms with E-state index in [1.54, 1.807) is 0 Å². The van der Waals surface area contributed by atoms with E-state index in [0.29, 0.717) is 17.9 Å². The molecule has 0 radical (unpaired) electrons. The Bertz CT molecular complexity index is 869. The standard InChI is InChI=1S/C18H19FN4O/c1-2-12(20)10-21-17-13-5-3-4-6-15(13)22-18(23-17)14-9-11(19)7-8-16(14)24/h3-9,12,24H,2,10,20H2,1H3,(H,21,22,23). The van der Waals surface area contributed by atoms with E-state index in [9.17, 15) is 9.50 Å². The van der Waals surface area contributed by atoms with Crippen molar-refractivity contribution >= 4 is 16.7 Å². The SMILES string of the molecule is CCC(N)CNc1nc(-c2cc(F)ccc2O)nc2ccccc12. The largest absolute Gasteiger partial charge is 0.507 e. The average Bonchev–Trinajstić information content (AvgIpc) is 2.61. The number of benzene rings is 2. The minimum absolute atomic E-state index is 0.00440. The second-order valence-electron chi connectivity index (χ2n) is 5.62. The van der Waals surface area contributed by atoms with Crippen LogP contribution in [0.25, 0.3) is 22.3 Å². The molecule has 4 N–H and O–H groups in total. The van der Waals surface area contributed by atoms with Crippen LogP contribution in [0.5, 0.6) is 5.75 Å². The van der Waals surface area contributed by atoms with E-state index in [-0.39, 0.29) is 23.2 Å². The van der Waals surface area contributed by atoms with E-state index in [1.807, 2.05) is 31.2 Å². The molecule has 1 atom stereocenters. The van der Waals surface area contributed by atoms with Crippen LogP contribution in [-0.2, 0) is 0 Å². The zero-order valence-electron chi connectivity index (χ0n) is 13.3. The summed E-state index contributed by atoms with van der Waals surface area (Å²) in [4.78, 5) is 8.92. The molecule has 124 valence electrons. The number of nitrogens with zero attached hydrogens (tertiary/aromatic N) is 2. The predicted octanol–water partition coefficient (Wildman–Crippen LogP) is 3.29. The van der Waals surface area contributed by atoms with Gasteiger partial charge in [-0.3, -0.25) is 0 Å². The summed E-state index contributed by atoms with van der Waals surface area (Å²) >= 11 is 0. The first-order chi connectivity index (χ1) is 11.6. The molecular formula is C18H19FN4O. The van der Waals surface area contributed by atoms with Gasteiger partial charge in [-0.2, -0.15) is 0 Å². The van der Waals surface area contributed by atoms with Crippen LogP contribution >= 0.6 is 0 Å². The Labute approximate surface area is 139 Å².